The lowest BCUT2D eigenvalue weighted by molar-refractivity contribution is 0.0984. The summed E-state index contributed by atoms with van der Waals surface area (Å²) in [6, 6.07) is 16.1. The van der Waals surface area contributed by atoms with E-state index in [0.717, 1.165) is 42.3 Å². The van der Waals surface area contributed by atoms with Crippen LogP contribution < -0.4 is 15.0 Å². The molecule has 0 saturated heterocycles. The van der Waals surface area contributed by atoms with Crippen LogP contribution in [-0.2, 0) is 6.42 Å². The summed E-state index contributed by atoms with van der Waals surface area (Å²) in [4.78, 5) is 28.3. The summed E-state index contributed by atoms with van der Waals surface area (Å²) >= 11 is 6.07. The first-order valence-electron chi connectivity index (χ1n) is 12.4. The molecule has 1 unspecified atom stereocenters. The molecule has 2 N–H and O–H groups in total. The number of carbonyl (C=O) groups is 2. The molecule has 0 radical (unpaired) electrons. The quantitative estimate of drug-likeness (QED) is 0.301. The molecule has 2 amide bonds. The van der Waals surface area contributed by atoms with E-state index in [2.05, 4.69) is 10.5 Å². The van der Waals surface area contributed by atoms with Crippen LogP contribution in [0.15, 0.2) is 65.8 Å². The SMILES string of the molecule is COc1cc(C(=O)N2CCC3(CCCC3=NO)Cc3ccccc32)ccc1NC(=O)c1cc(F)ccc1Cl. The number of amides is 2. The van der Waals surface area contributed by atoms with Crippen molar-refractivity contribution in [2.45, 2.75) is 32.1 Å². The zero-order chi connectivity index (χ0) is 26.9. The lowest BCUT2D eigenvalue weighted by Gasteiger charge is -2.28. The number of methoxy groups -OCH3 is 1. The number of hydrogen-bond acceptors (Lipinski definition) is 5. The minimum Gasteiger partial charge on any atom is -0.495 e. The molecule has 1 heterocycles. The number of benzene rings is 3. The lowest BCUT2D eigenvalue weighted by Crippen LogP contribution is -2.35. The minimum atomic E-state index is -0.600. The molecule has 1 aliphatic heterocycles. The van der Waals surface area contributed by atoms with Gasteiger partial charge in [-0.15, -0.1) is 0 Å². The van der Waals surface area contributed by atoms with Crippen molar-refractivity contribution in [3.05, 3.63) is 88.2 Å². The van der Waals surface area contributed by atoms with Gasteiger partial charge in [-0.25, -0.2) is 4.39 Å². The first-order chi connectivity index (χ1) is 18.3. The van der Waals surface area contributed by atoms with Gasteiger partial charge in [0.25, 0.3) is 11.8 Å². The second-order valence-corrected chi connectivity index (χ2v) is 10.1. The minimum absolute atomic E-state index is 0.0123. The van der Waals surface area contributed by atoms with Crippen molar-refractivity contribution in [3.8, 4) is 5.75 Å². The zero-order valence-electron chi connectivity index (χ0n) is 20.8. The molecule has 0 aromatic heterocycles. The Bertz CT molecular complexity index is 1440. The molecule has 7 nitrogen and oxygen atoms in total. The van der Waals surface area contributed by atoms with Crippen molar-refractivity contribution in [2.75, 3.05) is 23.9 Å². The summed E-state index contributed by atoms with van der Waals surface area (Å²) in [7, 11) is 1.44. The molecule has 5 rings (SSSR count). The highest BCUT2D eigenvalue weighted by Gasteiger charge is 2.43. The number of ether oxygens (including phenoxy) is 1. The third kappa shape index (κ3) is 4.72. The predicted molar refractivity (Wildman–Crippen MR) is 144 cm³/mol. The van der Waals surface area contributed by atoms with Crippen LogP contribution in [0.4, 0.5) is 15.8 Å². The van der Waals surface area contributed by atoms with Crippen molar-refractivity contribution in [1.29, 1.82) is 0 Å². The zero-order valence-corrected chi connectivity index (χ0v) is 21.6. The predicted octanol–water partition coefficient (Wildman–Crippen LogP) is 6.33. The second-order valence-electron chi connectivity index (χ2n) is 9.69. The van der Waals surface area contributed by atoms with Gasteiger partial charge in [-0.1, -0.05) is 35.0 Å². The van der Waals surface area contributed by atoms with E-state index >= 15 is 0 Å². The fourth-order valence-corrected chi connectivity index (χ4v) is 5.80. The van der Waals surface area contributed by atoms with Crippen LogP contribution >= 0.6 is 11.6 Å². The number of hydrogen-bond donors (Lipinski definition) is 2. The Morgan fingerprint density at radius 2 is 1.95 bits per heavy atom. The molecule has 1 fully saturated rings. The highest BCUT2D eigenvalue weighted by atomic mass is 35.5. The number of anilines is 2. The standard InChI is InChI=1S/C29H27ClFN3O4/c1-38-25-15-18(8-11-23(25)32-27(35)21-16-20(31)9-10-22(21)30)28(36)34-14-13-29(12-4-7-26(29)33-37)17-19-5-2-3-6-24(19)34/h2-3,5-6,8-11,15-16,37H,4,7,12-14,17H2,1H3,(H,32,35). The van der Waals surface area contributed by atoms with E-state index in [1.165, 1.54) is 19.2 Å². The smallest absolute Gasteiger partial charge is 0.258 e. The number of para-hydroxylation sites is 1. The van der Waals surface area contributed by atoms with Gasteiger partial charge >= 0.3 is 0 Å². The third-order valence-electron chi connectivity index (χ3n) is 7.54. The van der Waals surface area contributed by atoms with Gasteiger partial charge < -0.3 is 20.2 Å². The first-order valence-corrected chi connectivity index (χ1v) is 12.8. The van der Waals surface area contributed by atoms with Crippen LogP contribution in [0.3, 0.4) is 0 Å². The van der Waals surface area contributed by atoms with Crippen LogP contribution in [0.2, 0.25) is 5.02 Å². The van der Waals surface area contributed by atoms with Gasteiger partial charge in [0.05, 0.1) is 29.1 Å². The summed E-state index contributed by atoms with van der Waals surface area (Å²) in [5, 5.41) is 16.1. The van der Waals surface area contributed by atoms with Gasteiger partial charge in [-0.05, 0) is 80.1 Å². The van der Waals surface area contributed by atoms with Crippen LogP contribution in [0.25, 0.3) is 0 Å². The number of nitrogens with zero attached hydrogens (tertiary/aromatic N) is 2. The van der Waals surface area contributed by atoms with Crippen molar-refractivity contribution < 1.29 is 23.9 Å². The van der Waals surface area contributed by atoms with Crippen molar-refractivity contribution >= 4 is 40.5 Å². The van der Waals surface area contributed by atoms with Crippen LogP contribution in [0.5, 0.6) is 5.75 Å². The van der Waals surface area contributed by atoms with Gasteiger partial charge in [0.15, 0.2) is 0 Å². The van der Waals surface area contributed by atoms with Gasteiger partial charge in [-0.2, -0.15) is 0 Å². The van der Waals surface area contributed by atoms with Crippen molar-refractivity contribution in [1.82, 2.24) is 0 Å². The summed E-state index contributed by atoms with van der Waals surface area (Å²) in [5.41, 5.74) is 3.10. The number of rotatable bonds is 4. The largest absolute Gasteiger partial charge is 0.495 e. The topological polar surface area (TPSA) is 91.2 Å². The molecule has 3 aromatic rings. The average molecular weight is 536 g/mol. The van der Waals surface area contributed by atoms with E-state index < -0.39 is 11.7 Å². The Balaban J connectivity index is 1.43. The second kappa shape index (κ2) is 10.5. The number of carbonyl (C=O) groups excluding carboxylic acids is 2. The highest BCUT2D eigenvalue weighted by Crippen LogP contribution is 2.46. The Kier molecular flexibility index (Phi) is 7.08. The summed E-state index contributed by atoms with van der Waals surface area (Å²) in [5.74, 6) is -1.11. The number of halogens is 2. The summed E-state index contributed by atoms with van der Waals surface area (Å²) in [6.45, 7) is 0.466. The van der Waals surface area contributed by atoms with Gasteiger partial charge in [0, 0.05) is 23.2 Å². The Morgan fingerprint density at radius 1 is 1.13 bits per heavy atom. The fraction of sp³-hybridized carbons (Fsp3) is 0.276. The molecule has 3 aromatic carbocycles. The lowest BCUT2D eigenvalue weighted by atomic mass is 9.76. The summed E-state index contributed by atoms with van der Waals surface area (Å²) in [6.07, 6.45) is 4.04. The van der Waals surface area contributed by atoms with E-state index in [-0.39, 0.29) is 27.7 Å². The average Bonchev–Trinajstić information content (AvgIpc) is 3.24. The van der Waals surface area contributed by atoms with E-state index in [0.29, 0.717) is 30.6 Å². The van der Waals surface area contributed by atoms with Gasteiger partial charge in [0.1, 0.15) is 11.6 Å². The molecule has 1 saturated carbocycles. The Morgan fingerprint density at radius 3 is 2.74 bits per heavy atom. The highest BCUT2D eigenvalue weighted by molar-refractivity contribution is 6.34. The molecule has 9 heteroatoms. The molecule has 1 spiro atoms. The van der Waals surface area contributed by atoms with Crippen LogP contribution in [-0.4, -0.2) is 36.4 Å². The molecular weight excluding hydrogens is 509 g/mol. The molecule has 1 aliphatic carbocycles. The maximum atomic E-state index is 13.8. The molecule has 196 valence electrons. The molecular formula is C29H27ClFN3O4. The number of oxime groups is 1. The molecule has 0 bridgehead atoms. The summed E-state index contributed by atoms with van der Waals surface area (Å²) < 4.78 is 19.1. The van der Waals surface area contributed by atoms with Crippen molar-refractivity contribution in [3.63, 3.8) is 0 Å². The Labute approximate surface area is 224 Å². The normalized spacial score (nSPS) is 19.8. The van der Waals surface area contributed by atoms with Gasteiger partial charge in [-0.3, -0.25) is 9.59 Å². The number of fused-ring (bicyclic) bond motifs is 1. The fourth-order valence-electron chi connectivity index (χ4n) is 5.60. The van der Waals surface area contributed by atoms with E-state index in [4.69, 9.17) is 16.3 Å². The maximum Gasteiger partial charge on any atom is 0.258 e. The van der Waals surface area contributed by atoms with Crippen molar-refractivity contribution in [2.24, 2.45) is 10.6 Å². The van der Waals surface area contributed by atoms with E-state index in [9.17, 15) is 19.2 Å². The monoisotopic (exact) mass is 535 g/mol. The molecule has 1 atom stereocenters. The van der Waals surface area contributed by atoms with Crippen LogP contribution in [0.1, 0.15) is 52.0 Å². The molecule has 2 aliphatic rings. The first kappa shape index (κ1) is 25.7. The maximum absolute atomic E-state index is 13.8. The third-order valence-corrected chi connectivity index (χ3v) is 7.87. The van der Waals surface area contributed by atoms with E-state index in [1.807, 2.05) is 24.3 Å². The van der Waals surface area contributed by atoms with E-state index in [1.54, 1.807) is 23.1 Å². The Hall–Kier alpha value is -3.91. The number of nitrogens with one attached hydrogen (secondary N) is 1. The van der Waals surface area contributed by atoms with Crippen LogP contribution in [0, 0.1) is 11.2 Å². The van der Waals surface area contributed by atoms with Gasteiger partial charge in [0.2, 0.25) is 0 Å². The molecule has 38 heavy (non-hydrogen) atoms.